The Kier molecular flexibility index (Phi) is 13.2. The van der Waals surface area contributed by atoms with Crippen LogP contribution >= 0.6 is 0 Å². The molecule has 12 heteroatoms. The average molecular weight is 621 g/mol. The van der Waals surface area contributed by atoms with Gasteiger partial charge >= 0.3 is 12.0 Å². The highest BCUT2D eigenvalue weighted by Gasteiger charge is 2.23. The Morgan fingerprint density at radius 1 is 0.889 bits per heavy atom. The molecule has 0 heterocycles. The monoisotopic (exact) mass is 620 g/mol. The minimum absolute atomic E-state index is 0.0180. The van der Waals surface area contributed by atoms with E-state index >= 15 is 0 Å². The van der Waals surface area contributed by atoms with Gasteiger partial charge in [-0.15, -0.1) is 0 Å². The number of aliphatic carboxylic acids is 1. The van der Waals surface area contributed by atoms with Crippen molar-refractivity contribution in [2.24, 2.45) is 0 Å². The van der Waals surface area contributed by atoms with Crippen molar-refractivity contribution in [2.45, 2.75) is 32.2 Å². The number of hydrogen-bond acceptors (Lipinski definition) is 7. The van der Waals surface area contributed by atoms with Crippen LogP contribution in [0, 0.1) is 6.92 Å². The van der Waals surface area contributed by atoms with Gasteiger partial charge in [-0.2, -0.15) is 0 Å². The van der Waals surface area contributed by atoms with Crippen molar-refractivity contribution >= 4 is 35.2 Å². The molecular weight excluding hydrogens is 580 g/mol. The van der Waals surface area contributed by atoms with E-state index in [9.17, 15) is 24.3 Å². The maximum Gasteiger partial charge on any atom is 0.323 e. The van der Waals surface area contributed by atoms with E-state index in [4.69, 9.17) is 14.2 Å². The number of rotatable bonds is 16. The molecule has 0 aliphatic rings. The number of hydrogen-bond donors (Lipinski definition) is 4. The number of methoxy groups -OCH3 is 3. The number of aryl methyl sites for hydroxylation is 1. The molecule has 3 aromatic rings. The smallest absolute Gasteiger partial charge is 0.323 e. The Morgan fingerprint density at radius 3 is 2.24 bits per heavy atom. The van der Waals surface area contributed by atoms with Gasteiger partial charge in [0.05, 0.1) is 39.6 Å². The topological polar surface area (TPSA) is 156 Å². The van der Waals surface area contributed by atoms with Gasteiger partial charge in [0, 0.05) is 31.6 Å². The second kappa shape index (κ2) is 17.3. The Labute approximate surface area is 262 Å². The van der Waals surface area contributed by atoms with Gasteiger partial charge in [-0.05, 0) is 60.4 Å². The third-order valence-corrected chi connectivity index (χ3v) is 6.95. The summed E-state index contributed by atoms with van der Waals surface area (Å²) < 4.78 is 15.7. The summed E-state index contributed by atoms with van der Waals surface area (Å²) in [4.78, 5) is 51.9. The number of carboxylic acid groups (broad SMARTS) is 1. The highest BCUT2D eigenvalue weighted by Crippen LogP contribution is 2.31. The molecule has 0 saturated carbocycles. The summed E-state index contributed by atoms with van der Waals surface area (Å²) in [5, 5.41) is 17.8. The predicted octanol–water partition coefficient (Wildman–Crippen LogP) is 4.40. The van der Waals surface area contributed by atoms with Crippen molar-refractivity contribution in [2.75, 3.05) is 51.7 Å². The molecule has 4 N–H and O–H groups in total. The molecule has 0 spiro atoms. The van der Waals surface area contributed by atoms with Crippen LogP contribution in [0.2, 0.25) is 0 Å². The third-order valence-electron chi connectivity index (χ3n) is 6.95. The zero-order valence-electron chi connectivity index (χ0n) is 25.9. The van der Waals surface area contributed by atoms with Gasteiger partial charge in [-0.25, -0.2) is 4.79 Å². The molecular formula is C33H40N4O8. The van der Waals surface area contributed by atoms with Crippen molar-refractivity contribution in [3.8, 4) is 11.5 Å². The summed E-state index contributed by atoms with van der Waals surface area (Å²) in [7, 11) is 4.50. The Hall–Kier alpha value is -5.10. The van der Waals surface area contributed by atoms with Crippen LogP contribution in [-0.2, 0) is 25.5 Å². The molecule has 0 unspecified atom stereocenters. The molecule has 0 aliphatic heterocycles. The van der Waals surface area contributed by atoms with E-state index < -0.39 is 23.9 Å². The largest absolute Gasteiger partial charge is 0.493 e. The number of nitrogens with one attached hydrogen (secondary N) is 3. The standard InChI is InChI=1S/C33H40N4O8/c1-22-8-5-6-9-26(22)36-33(42)34-25-13-10-23(11-14-25)18-31(39)37(16-7-17-43-2)21-30(38)35-27(20-32(40)41)24-12-15-28(44-3)29(19-24)45-4/h5-6,8-15,19,27H,7,16-18,20-21H2,1-4H3,(H,35,38)(H,40,41)(H2,34,36,42)/t27-/m0/s1. The highest BCUT2D eigenvalue weighted by atomic mass is 16.5. The molecule has 3 rings (SSSR count). The van der Waals surface area contributed by atoms with Gasteiger partial charge in [-0.1, -0.05) is 36.4 Å². The molecule has 3 aromatic carbocycles. The molecule has 4 amide bonds. The van der Waals surface area contributed by atoms with Crippen LogP contribution in [-0.4, -0.2) is 74.8 Å². The lowest BCUT2D eigenvalue weighted by Gasteiger charge is -2.25. The number of benzene rings is 3. The SMILES string of the molecule is COCCCN(CC(=O)N[C@@H](CC(=O)O)c1ccc(OC)c(OC)c1)C(=O)Cc1ccc(NC(=O)Nc2ccccc2C)cc1. The fourth-order valence-electron chi connectivity index (χ4n) is 4.59. The highest BCUT2D eigenvalue weighted by molar-refractivity contribution is 6.00. The van der Waals surface area contributed by atoms with Crippen LogP contribution in [0.5, 0.6) is 11.5 Å². The van der Waals surface area contributed by atoms with Crippen LogP contribution < -0.4 is 25.4 Å². The van der Waals surface area contributed by atoms with Crippen molar-refractivity contribution in [1.29, 1.82) is 0 Å². The molecule has 12 nitrogen and oxygen atoms in total. The molecule has 0 bridgehead atoms. The second-order valence-electron chi connectivity index (χ2n) is 10.3. The van der Waals surface area contributed by atoms with Crippen LogP contribution in [0.3, 0.4) is 0 Å². The van der Waals surface area contributed by atoms with Crippen molar-refractivity contribution < 1.29 is 38.5 Å². The second-order valence-corrected chi connectivity index (χ2v) is 10.3. The van der Waals surface area contributed by atoms with Gasteiger partial charge in [0.1, 0.15) is 0 Å². The number of carbonyl (C=O) groups is 4. The van der Waals surface area contributed by atoms with E-state index in [1.807, 2.05) is 31.2 Å². The molecule has 240 valence electrons. The first kappa shape index (κ1) is 34.4. The molecule has 0 radical (unpaired) electrons. The van der Waals surface area contributed by atoms with Crippen molar-refractivity contribution in [1.82, 2.24) is 10.2 Å². The van der Waals surface area contributed by atoms with Crippen LogP contribution in [0.1, 0.15) is 35.6 Å². The quantitative estimate of drug-likeness (QED) is 0.172. The van der Waals surface area contributed by atoms with Gasteiger partial charge in [0.2, 0.25) is 11.8 Å². The number of ether oxygens (including phenoxy) is 3. The van der Waals surface area contributed by atoms with E-state index in [-0.39, 0.29) is 31.8 Å². The zero-order chi connectivity index (χ0) is 32.8. The number of para-hydroxylation sites is 1. The third kappa shape index (κ3) is 10.8. The zero-order valence-corrected chi connectivity index (χ0v) is 25.9. The number of urea groups is 1. The van der Waals surface area contributed by atoms with E-state index in [0.29, 0.717) is 47.0 Å². The Morgan fingerprint density at radius 2 is 1.60 bits per heavy atom. The molecule has 0 fully saturated rings. The van der Waals surface area contributed by atoms with E-state index in [1.54, 1.807) is 49.6 Å². The molecule has 0 saturated heterocycles. The van der Waals surface area contributed by atoms with Crippen LogP contribution in [0.15, 0.2) is 66.7 Å². The first-order chi connectivity index (χ1) is 21.6. The van der Waals surface area contributed by atoms with Gasteiger partial charge in [-0.3, -0.25) is 14.4 Å². The summed E-state index contributed by atoms with van der Waals surface area (Å²) in [5.74, 6) is -1.05. The summed E-state index contributed by atoms with van der Waals surface area (Å²) in [6.45, 7) is 2.28. The number of carbonyl (C=O) groups excluding carboxylic acids is 3. The minimum atomic E-state index is -1.10. The minimum Gasteiger partial charge on any atom is -0.493 e. The number of amides is 4. The number of carboxylic acids is 1. The number of anilines is 2. The van der Waals surface area contributed by atoms with Gasteiger partial charge in [0.15, 0.2) is 11.5 Å². The lowest BCUT2D eigenvalue weighted by molar-refractivity contribution is -0.139. The van der Waals surface area contributed by atoms with Crippen LogP contribution in [0.4, 0.5) is 16.2 Å². The maximum atomic E-state index is 13.3. The lowest BCUT2D eigenvalue weighted by Crippen LogP contribution is -2.43. The van der Waals surface area contributed by atoms with Crippen molar-refractivity contribution in [3.05, 3.63) is 83.4 Å². The normalized spacial score (nSPS) is 11.2. The average Bonchev–Trinajstić information content (AvgIpc) is 3.01. The Balaban J connectivity index is 1.65. The molecule has 1 atom stereocenters. The Bertz CT molecular complexity index is 1460. The number of nitrogens with zero attached hydrogens (tertiary/aromatic N) is 1. The summed E-state index contributed by atoms with van der Waals surface area (Å²) in [6, 6.07) is 17.9. The van der Waals surface area contributed by atoms with Crippen molar-refractivity contribution in [3.63, 3.8) is 0 Å². The molecule has 45 heavy (non-hydrogen) atoms. The molecule has 0 aliphatic carbocycles. The van der Waals surface area contributed by atoms with E-state index in [1.165, 1.54) is 19.1 Å². The lowest BCUT2D eigenvalue weighted by atomic mass is 10.0. The van der Waals surface area contributed by atoms with E-state index in [2.05, 4.69) is 16.0 Å². The maximum absolute atomic E-state index is 13.3. The fourth-order valence-corrected chi connectivity index (χ4v) is 4.59. The fraction of sp³-hybridized carbons (Fsp3) is 0.333. The van der Waals surface area contributed by atoms with Gasteiger partial charge in [0.25, 0.3) is 0 Å². The summed E-state index contributed by atoms with van der Waals surface area (Å²) in [5.41, 5.74) is 3.39. The predicted molar refractivity (Wildman–Crippen MR) is 170 cm³/mol. The van der Waals surface area contributed by atoms with E-state index in [0.717, 1.165) is 5.56 Å². The van der Waals surface area contributed by atoms with Crippen LogP contribution in [0.25, 0.3) is 0 Å². The van der Waals surface area contributed by atoms with Gasteiger partial charge < -0.3 is 40.2 Å². The summed E-state index contributed by atoms with van der Waals surface area (Å²) in [6.07, 6.45) is 0.148. The summed E-state index contributed by atoms with van der Waals surface area (Å²) >= 11 is 0. The molecule has 0 aromatic heterocycles. The first-order valence-corrected chi connectivity index (χ1v) is 14.4. The first-order valence-electron chi connectivity index (χ1n) is 14.4.